The molecule has 3 aromatic carbocycles. The SMILES string of the molecule is O=C1NN(c2ccccc2)C(=O)C1=Cc1cc(Br)ccc1OCc1cccc(C(=O)O)c1. The molecular formula is C24H17BrN2O5. The van der Waals surface area contributed by atoms with E-state index >= 15 is 0 Å². The molecule has 1 fully saturated rings. The molecule has 2 N–H and O–H groups in total. The Bertz CT molecular complexity index is 1240. The second-order valence-corrected chi connectivity index (χ2v) is 7.87. The molecule has 0 unspecified atom stereocenters. The van der Waals surface area contributed by atoms with Crippen LogP contribution < -0.4 is 15.2 Å². The summed E-state index contributed by atoms with van der Waals surface area (Å²) in [6, 6.07) is 20.5. The molecular weight excluding hydrogens is 476 g/mol. The van der Waals surface area contributed by atoms with Gasteiger partial charge in [-0.25, -0.2) is 9.80 Å². The zero-order chi connectivity index (χ0) is 22.7. The van der Waals surface area contributed by atoms with E-state index in [1.165, 1.54) is 23.2 Å². The van der Waals surface area contributed by atoms with E-state index in [1.54, 1.807) is 54.6 Å². The summed E-state index contributed by atoms with van der Waals surface area (Å²) in [4.78, 5) is 36.5. The zero-order valence-electron chi connectivity index (χ0n) is 16.6. The molecule has 0 aliphatic carbocycles. The molecule has 0 atom stereocenters. The molecule has 3 aromatic rings. The lowest BCUT2D eigenvalue weighted by molar-refractivity contribution is -0.117. The molecule has 4 rings (SSSR count). The Morgan fingerprint density at radius 3 is 2.56 bits per heavy atom. The van der Waals surface area contributed by atoms with E-state index in [-0.39, 0.29) is 17.7 Å². The standard InChI is InChI=1S/C24H17BrN2O5/c25-18-9-10-21(32-14-15-5-4-6-16(11-15)24(30)31)17(12-18)13-20-22(28)26-27(23(20)29)19-7-2-1-3-8-19/h1-13H,14H2,(H,26,28)(H,30,31). The Balaban J connectivity index is 1.60. The van der Waals surface area contributed by atoms with Gasteiger partial charge in [0.05, 0.1) is 11.3 Å². The van der Waals surface area contributed by atoms with E-state index in [2.05, 4.69) is 21.4 Å². The first kappa shape index (κ1) is 21.3. The first-order chi connectivity index (χ1) is 15.4. The van der Waals surface area contributed by atoms with Crippen molar-refractivity contribution in [3.63, 3.8) is 0 Å². The largest absolute Gasteiger partial charge is 0.488 e. The average molecular weight is 493 g/mol. The number of rotatable bonds is 6. The average Bonchev–Trinajstić information content (AvgIpc) is 3.07. The third-order valence-electron chi connectivity index (χ3n) is 4.75. The zero-order valence-corrected chi connectivity index (χ0v) is 18.2. The van der Waals surface area contributed by atoms with Crippen LogP contribution in [0.15, 0.2) is 82.8 Å². The number of carbonyl (C=O) groups excluding carboxylic acids is 2. The highest BCUT2D eigenvalue weighted by Gasteiger charge is 2.34. The molecule has 1 heterocycles. The van der Waals surface area contributed by atoms with Crippen molar-refractivity contribution >= 4 is 45.5 Å². The van der Waals surface area contributed by atoms with Gasteiger partial charge in [-0.05, 0) is 54.1 Å². The molecule has 7 nitrogen and oxygen atoms in total. The van der Waals surface area contributed by atoms with E-state index in [4.69, 9.17) is 9.84 Å². The normalized spacial score (nSPS) is 14.5. The molecule has 1 aliphatic rings. The number of carboxylic acid groups (broad SMARTS) is 1. The van der Waals surface area contributed by atoms with Gasteiger partial charge in [0.2, 0.25) is 0 Å². The van der Waals surface area contributed by atoms with Crippen molar-refractivity contribution in [3.05, 3.63) is 99.5 Å². The number of para-hydroxylation sites is 1. The first-order valence-corrected chi connectivity index (χ1v) is 10.4. The van der Waals surface area contributed by atoms with Crippen molar-refractivity contribution < 1.29 is 24.2 Å². The van der Waals surface area contributed by atoms with Gasteiger partial charge in [-0.2, -0.15) is 0 Å². The molecule has 160 valence electrons. The fourth-order valence-corrected chi connectivity index (χ4v) is 3.57. The molecule has 0 aromatic heterocycles. The van der Waals surface area contributed by atoms with Crippen LogP contribution in [0.2, 0.25) is 0 Å². The molecule has 1 saturated heterocycles. The summed E-state index contributed by atoms with van der Waals surface area (Å²) in [5.74, 6) is -1.56. The minimum absolute atomic E-state index is 0.0234. The van der Waals surface area contributed by atoms with Gasteiger partial charge in [-0.1, -0.05) is 46.3 Å². The molecule has 8 heteroatoms. The second-order valence-electron chi connectivity index (χ2n) is 6.95. The van der Waals surface area contributed by atoms with Crippen molar-refractivity contribution in [3.8, 4) is 5.75 Å². The van der Waals surface area contributed by atoms with Crippen LogP contribution >= 0.6 is 15.9 Å². The summed E-state index contributed by atoms with van der Waals surface area (Å²) in [6.07, 6.45) is 1.48. The predicted molar refractivity (Wildman–Crippen MR) is 122 cm³/mol. The highest BCUT2D eigenvalue weighted by molar-refractivity contribution is 9.10. The minimum Gasteiger partial charge on any atom is -0.488 e. The number of carboxylic acids is 1. The van der Waals surface area contributed by atoms with Gasteiger partial charge in [0.15, 0.2) is 0 Å². The molecule has 0 radical (unpaired) electrons. The molecule has 2 amide bonds. The number of hydrazine groups is 1. The third kappa shape index (κ3) is 4.55. The first-order valence-electron chi connectivity index (χ1n) is 9.59. The summed E-state index contributed by atoms with van der Waals surface area (Å²) >= 11 is 3.40. The van der Waals surface area contributed by atoms with Gasteiger partial charge in [0.1, 0.15) is 17.9 Å². The van der Waals surface area contributed by atoms with E-state index in [0.29, 0.717) is 22.6 Å². The maximum absolute atomic E-state index is 12.9. The lowest BCUT2D eigenvalue weighted by Gasteiger charge is -2.14. The molecule has 0 spiro atoms. The van der Waals surface area contributed by atoms with Crippen LogP contribution in [0.4, 0.5) is 5.69 Å². The summed E-state index contributed by atoms with van der Waals surface area (Å²) in [5.41, 5.74) is 4.47. The van der Waals surface area contributed by atoms with Crippen LogP contribution in [0.1, 0.15) is 21.5 Å². The van der Waals surface area contributed by atoms with Crippen LogP contribution in [0, 0.1) is 0 Å². The Labute approximate surface area is 192 Å². The number of nitrogens with zero attached hydrogens (tertiary/aromatic N) is 1. The van der Waals surface area contributed by atoms with Gasteiger partial charge >= 0.3 is 5.97 Å². The van der Waals surface area contributed by atoms with Crippen LogP contribution in [-0.2, 0) is 16.2 Å². The van der Waals surface area contributed by atoms with E-state index < -0.39 is 17.8 Å². The monoisotopic (exact) mass is 492 g/mol. The lowest BCUT2D eigenvalue weighted by atomic mass is 10.1. The summed E-state index contributed by atoms with van der Waals surface area (Å²) in [6.45, 7) is 0.120. The van der Waals surface area contributed by atoms with Gasteiger partial charge in [-0.3, -0.25) is 15.0 Å². The predicted octanol–water partition coefficient (Wildman–Crippen LogP) is 4.19. The number of amides is 2. The lowest BCUT2D eigenvalue weighted by Crippen LogP contribution is -2.35. The Hall–Kier alpha value is -3.91. The quantitative estimate of drug-likeness (QED) is 0.397. The highest BCUT2D eigenvalue weighted by Crippen LogP contribution is 2.28. The smallest absolute Gasteiger partial charge is 0.335 e. The summed E-state index contributed by atoms with van der Waals surface area (Å²) in [5, 5.41) is 10.4. The van der Waals surface area contributed by atoms with E-state index in [0.717, 1.165) is 4.47 Å². The number of ether oxygens (including phenoxy) is 1. The molecule has 0 bridgehead atoms. The van der Waals surface area contributed by atoms with Gasteiger partial charge in [-0.15, -0.1) is 0 Å². The Morgan fingerprint density at radius 2 is 1.81 bits per heavy atom. The van der Waals surface area contributed by atoms with Gasteiger partial charge < -0.3 is 9.84 Å². The van der Waals surface area contributed by atoms with Crippen molar-refractivity contribution in [2.24, 2.45) is 0 Å². The number of anilines is 1. The summed E-state index contributed by atoms with van der Waals surface area (Å²) in [7, 11) is 0. The number of hydrogen-bond donors (Lipinski definition) is 2. The van der Waals surface area contributed by atoms with E-state index in [9.17, 15) is 14.4 Å². The second kappa shape index (κ2) is 9.07. The Kier molecular flexibility index (Phi) is 6.04. The van der Waals surface area contributed by atoms with Crippen molar-refractivity contribution in [2.45, 2.75) is 6.61 Å². The number of hydrogen-bond acceptors (Lipinski definition) is 4. The van der Waals surface area contributed by atoms with Crippen LogP contribution in [0.3, 0.4) is 0 Å². The number of nitrogens with one attached hydrogen (secondary N) is 1. The van der Waals surface area contributed by atoms with Crippen molar-refractivity contribution in [2.75, 3.05) is 5.01 Å². The Morgan fingerprint density at radius 1 is 1.03 bits per heavy atom. The third-order valence-corrected chi connectivity index (χ3v) is 5.24. The van der Waals surface area contributed by atoms with E-state index in [1.807, 2.05) is 6.07 Å². The summed E-state index contributed by atoms with van der Waals surface area (Å²) < 4.78 is 6.64. The van der Waals surface area contributed by atoms with Gasteiger partial charge in [0.25, 0.3) is 11.8 Å². The number of aromatic carboxylic acids is 1. The maximum atomic E-state index is 12.9. The molecule has 32 heavy (non-hydrogen) atoms. The van der Waals surface area contributed by atoms with Crippen LogP contribution in [-0.4, -0.2) is 22.9 Å². The van der Waals surface area contributed by atoms with Gasteiger partial charge in [0, 0.05) is 10.0 Å². The highest BCUT2D eigenvalue weighted by atomic mass is 79.9. The topological polar surface area (TPSA) is 95.9 Å². The van der Waals surface area contributed by atoms with Crippen molar-refractivity contribution in [1.82, 2.24) is 5.43 Å². The molecule has 1 aliphatic heterocycles. The van der Waals surface area contributed by atoms with Crippen molar-refractivity contribution in [1.29, 1.82) is 0 Å². The number of carbonyl (C=O) groups is 3. The molecule has 0 saturated carbocycles. The minimum atomic E-state index is -1.02. The number of halogens is 1. The maximum Gasteiger partial charge on any atom is 0.335 e. The van der Waals surface area contributed by atoms with Crippen LogP contribution in [0.25, 0.3) is 6.08 Å². The van der Waals surface area contributed by atoms with Crippen LogP contribution in [0.5, 0.6) is 5.75 Å². The fourth-order valence-electron chi connectivity index (χ4n) is 3.19. The fraction of sp³-hybridized carbons (Fsp3) is 0.0417. The number of benzene rings is 3.